The fraction of sp³-hybridized carbons (Fsp3) is 0.348. The Kier molecular flexibility index (Phi) is 3.71. The second-order valence-corrected chi connectivity index (χ2v) is 8.48. The number of likely N-dealkylation sites (tertiary alicyclic amines) is 1. The molecule has 4 heterocycles. The predicted molar refractivity (Wildman–Crippen MR) is 106 cm³/mol. The summed E-state index contributed by atoms with van der Waals surface area (Å²) >= 11 is 0. The molecule has 5 nitrogen and oxygen atoms in total. The van der Waals surface area contributed by atoms with Crippen LogP contribution in [0.15, 0.2) is 48.7 Å². The third kappa shape index (κ3) is 2.90. The van der Waals surface area contributed by atoms with Gasteiger partial charge in [0.05, 0.1) is 11.9 Å². The van der Waals surface area contributed by atoms with Crippen LogP contribution in [-0.2, 0) is 19.5 Å². The van der Waals surface area contributed by atoms with E-state index >= 15 is 0 Å². The Bertz CT molecular complexity index is 1080. The Morgan fingerprint density at radius 3 is 2.79 bits per heavy atom. The summed E-state index contributed by atoms with van der Waals surface area (Å²) in [5.41, 5.74) is 3.62. The Morgan fingerprint density at radius 1 is 1.03 bits per heavy atom. The second-order valence-electron chi connectivity index (χ2n) is 8.48. The van der Waals surface area contributed by atoms with Crippen molar-refractivity contribution in [1.29, 1.82) is 0 Å². The van der Waals surface area contributed by atoms with E-state index < -0.39 is 0 Å². The zero-order valence-electron chi connectivity index (χ0n) is 16.1. The van der Waals surface area contributed by atoms with Crippen molar-refractivity contribution in [3.63, 3.8) is 0 Å². The second kappa shape index (κ2) is 6.32. The zero-order valence-corrected chi connectivity index (χ0v) is 16.1. The molecule has 1 aromatic heterocycles. The van der Waals surface area contributed by atoms with Crippen LogP contribution >= 0.6 is 0 Å². The summed E-state index contributed by atoms with van der Waals surface area (Å²) in [6.07, 6.45) is 4.10. The smallest absolute Gasteiger partial charge is 0.231 e. The van der Waals surface area contributed by atoms with Crippen molar-refractivity contribution in [3.8, 4) is 22.8 Å². The summed E-state index contributed by atoms with van der Waals surface area (Å²) in [7, 11) is 0. The molecule has 6 heteroatoms. The van der Waals surface area contributed by atoms with E-state index in [0.29, 0.717) is 6.79 Å². The van der Waals surface area contributed by atoms with Crippen LogP contribution in [0.3, 0.4) is 0 Å². The number of imidazole rings is 1. The first-order valence-corrected chi connectivity index (χ1v) is 10.1. The van der Waals surface area contributed by atoms with Gasteiger partial charge >= 0.3 is 0 Å². The highest BCUT2D eigenvalue weighted by Gasteiger charge is 2.44. The van der Waals surface area contributed by atoms with Gasteiger partial charge in [-0.05, 0) is 60.5 Å². The number of benzene rings is 2. The van der Waals surface area contributed by atoms with Crippen LogP contribution in [0.25, 0.3) is 11.3 Å². The third-order valence-corrected chi connectivity index (χ3v) is 6.47. The zero-order chi connectivity index (χ0) is 19.4. The topological polar surface area (TPSA) is 39.5 Å². The highest BCUT2D eigenvalue weighted by molar-refractivity contribution is 5.59. The van der Waals surface area contributed by atoms with Gasteiger partial charge in [0.1, 0.15) is 11.6 Å². The van der Waals surface area contributed by atoms with Crippen LogP contribution in [0, 0.1) is 11.2 Å². The number of aromatic nitrogens is 2. The molecule has 6 rings (SSSR count). The number of ether oxygens (including phenoxy) is 2. The lowest BCUT2D eigenvalue weighted by Gasteiger charge is -2.23. The van der Waals surface area contributed by atoms with Crippen molar-refractivity contribution in [3.05, 3.63) is 65.9 Å². The highest BCUT2D eigenvalue weighted by Crippen LogP contribution is 2.43. The monoisotopic (exact) mass is 391 g/mol. The molecule has 3 aliphatic rings. The Balaban J connectivity index is 1.18. The molecular weight excluding hydrogens is 369 g/mol. The van der Waals surface area contributed by atoms with Crippen molar-refractivity contribution in [2.24, 2.45) is 5.41 Å². The largest absolute Gasteiger partial charge is 0.454 e. The van der Waals surface area contributed by atoms with E-state index in [0.717, 1.165) is 61.2 Å². The molecule has 0 radical (unpaired) electrons. The summed E-state index contributed by atoms with van der Waals surface area (Å²) in [6.45, 7) is 4.37. The Hall–Kier alpha value is -2.86. The lowest BCUT2D eigenvalue weighted by molar-refractivity contribution is 0.174. The van der Waals surface area contributed by atoms with Gasteiger partial charge in [0.25, 0.3) is 0 Å². The molecule has 1 fully saturated rings. The number of hydrogen-bond acceptors (Lipinski definition) is 4. The number of hydrogen-bond donors (Lipinski definition) is 0. The van der Waals surface area contributed by atoms with Gasteiger partial charge in [0.2, 0.25) is 6.79 Å². The standard InChI is InChI=1S/C23H22FN3O2/c24-18-4-2-17(3-5-18)19-11-25-22-10-23(14-27(19)22)7-8-26(13-23)12-16-1-6-20-21(9-16)29-15-28-20/h1-6,9,11H,7-8,10,12-15H2/t23-/m0/s1. The lowest BCUT2D eigenvalue weighted by Crippen LogP contribution is -2.28. The molecule has 1 atom stereocenters. The minimum Gasteiger partial charge on any atom is -0.454 e. The van der Waals surface area contributed by atoms with Crippen LogP contribution in [0.5, 0.6) is 11.5 Å². The van der Waals surface area contributed by atoms with Crippen molar-refractivity contribution < 1.29 is 13.9 Å². The molecule has 1 spiro atoms. The first-order chi connectivity index (χ1) is 14.2. The van der Waals surface area contributed by atoms with Crippen molar-refractivity contribution in [2.75, 3.05) is 19.9 Å². The predicted octanol–water partition coefficient (Wildman–Crippen LogP) is 3.87. The normalized spacial score (nSPS) is 22.5. The maximum Gasteiger partial charge on any atom is 0.231 e. The van der Waals surface area contributed by atoms with E-state index in [1.807, 2.05) is 24.4 Å². The van der Waals surface area contributed by atoms with Crippen LogP contribution in [0.1, 0.15) is 17.8 Å². The maximum absolute atomic E-state index is 13.3. The van der Waals surface area contributed by atoms with Gasteiger partial charge in [-0.25, -0.2) is 9.37 Å². The summed E-state index contributed by atoms with van der Waals surface area (Å²) in [6, 6.07) is 12.9. The fourth-order valence-corrected chi connectivity index (χ4v) is 5.04. The molecule has 0 saturated carbocycles. The lowest BCUT2D eigenvalue weighted by atomic mass is 9.86. The minimum atomic E-state index is -0.207. The average molecular weight is 391 g/mol. The molecule has 0 unspecified atom stereocenters. The molecule has 148 valence electrons. The number of nitrogens with zero attached hydrogens (tertiary/aromatic N) is 3. The minimum absolute atomic E-state index is 0.207. The summed E-state index contributed by atoms with van der Waals surface area (Å²) in [5.74, 6) is 2.62. The van der Waals surface area contributed by atoms with E-state index in [-0.39, 0.29) is 11.2 Å². The van der Waals surface area contributed by atoms with Gasteiger partial charge < -0.3 is 14.0 Å². The molecule has 0 N–H and O–H groups in total. The quantitative estimate of drug-likeness (QED) is 0.680. The molecule has 2 aromatic carbocycles. The summed E-state index contributed by atoms with van der Waals surface area (Å²) < 4.78 is 26.6. The maximum atomic E-state index is 13.3. The number of fused-ring (bicyclic) bond motifs is 2. The first kappa shape index (κ1) is 17.0. The van der Waals surface area contributed by atoms with E-state index in [1.54, 1.807) is 0 Å². The van der Waals surface area contributed by atoms with Crippen molar-refractivity contribution in [1.82, 2.24) is 14.5 Å². The molecule has 3 aliphatic heterocycles. The first-order valence-electron chi connectivity index (χ1n) is 10.1. The van der Waals surface area contributed by atoms with Crippen molar-refractivity contribution in [2.45, 2.75) is 25.9 Å². The average Bonchev–Trinajstić information content (AvgIpc) is 3.48. The van der Waals surface area contributed by atoms with Gasteiger partial charge in [-0.15, -0.1) is 0 Å². The molecule has 29 heavy (non-hydrogen) atoms. The molecule has 0 amide bonds. The molecule has 0 aliphatic carbocycles. The molecule has 1 saturated heterocycles. The SMILES string of the molecule is Fc1ccc(-c2cnc3n2C[C@@]2(CCN(Cc4ccc5c(c4)OCO5)C2)C3)cc1. The van der Waals surface area contributed by atoms with Gasteiger partial charge in [-0.1, -0.05) is 6.07 Å². The highest BCUT2D eigenvalue weighted by atomic mass is 19.1. The third-order valence-electron chi connectivity index (χ3n) is 6.47. The van der Waals surface area contributed by atoms with E-state index in [2.05, 4.69) is 26.6 Å². The van der Waals surface area contributed by atoms with Crippen LogP contribution in [0.2, 0.25) is 0 Å². The Labute approximate surface area is 168 Å². The van der Waals surface area contributed by atoms with Crippen LogP contribution in [0.4, 0.5) is 4.39 Å². The van der Waals surface area contributed by atoms with Crippen LogP contribution < -0.4 is 9.47 Å². The molecule has 0 bridgehead atoms. The van der Waals surface area contributed by atoms with Gasteiger partial charge in [-0.3, -0.25) is 4.90 Å². The van der Waals surface area contributed by atoms with Gasteiger partial charge in [0, 0.05) is 31.5 Å². The van der Waals surface area contributed by atoms with Gasteiger partial charge in [0.15, 0.2) is 11.5 Å². The Morgan fingerprint density at radius 2 is 1.90 bits per heavy atom. The molecular formula is C23H22FN3O2. The molecule has 3 aromatic rings. The van der Waals surface area contributed by atoms with Gasteiger partial charge in [-0.2, -0.15) is 0 Å². The van der Waals surface area contributed by atoms with E-state index in [1.165, 1.54) is 24.1 Å². The number of rotatable bonds is 3. The van der Waals surface area contributed by atoms with Crippen LogP contribution in [-0.4, -0.2) is 34.3 Å². The van der Waals surface area contributed by atoms with Crippen molar-refractivity contribution >= 4 is 0 Å². The van der Waals surface area contributed by atoms with E-state index in [4.69, 9.17) is 9.47 Å². The summed E-state index contributed by atoms with van der Waals surface area (Å²) in [5, 5.41) is 0. The fourth-order valence-electron chi connectivity index (χ4n) is 5.04. The number of halogens is 1. The summed E-state index contributed by atoms with van der Waals surface area (Å²) in [4.78, 5) is 7.21. The van der Waals surface area contributed by atoms with E-state index in [9.17, 15) is 4.39 Å².